The highest BCUT2D eigenvalue weighted by Gasteiger charge is 2.25. The van der Waals surface area contributed by atoms with E-state index in [2.05, 4.69) is 25.2 Å². The van der Waals surface area contributed by atoms with Crippen molar-refractivity contribution in [2.24, 2.45) is 5.92 Å². The van der Waals surface area contributed by atoms with Gasteiger partial charge in [0.15, 0.2) is 0 Å². The molecule has 4 rings (SSSR count). The summed E-state index contributed by atoms with van der Waals surface area (Å²) in [6.45, 7) is 6.40. The van der Waals surface area contributed by atoms with Gasteiger partial charge in [0.25, 0.3) is 5.91 Å². The van der Waals surface area contributed by atoms with Gasteiger partial charge in [-0.05, 0) is 69.2 Å². The molecule has 26 heavy (non-hydrogen) atoms. The second-order valence-electron chi connectivity index (χ2n) is 7.56. The molecular weight excluding hydrogens is 342 g/mol. The van der Waals surface area contributed by atoms with E-state index in [4.69, 9.17) is 4.98 Å². The van der Waals surface area contributed by atoms with Crippen LogP contribution in [0, 0.1) is 19.8 Å². The van der Waals surface area contributed by atoms with Gasteiger partial charge in [0, 0.05) is 29.5 Å². The average molecular weight is 368 g/mol. The Hall–Kier alpha value is -2.14. The molecule has 3 heterocycles. The number of pyridine rings is 1. The second kappa shape index (κ2) is 6.88. The number of thiophene rings is 1. The molecule has 1 fully saturated rings. The van der Waals surface area contributed by atoms with Gasteiger partial charge >= 0.3 is 0 Å². The Morgan fingerprint density at radius 2 is 1.88 bits per heavy atom. The van der Waals surface area contributed by atoms with Gasteiger partial charge in [0.2, 0.25) is 0 Å². The molecule has 1 N–H and O–H groups in total. The van der Waals surface area contributed by atoms with E-state index < -0.39 is 0 Å². The second-order valence-corrected chi connectivity index (χ2v) is 8.56. The summed E-state index contributed by atoms with van der Waals surface area (Å²) in [5.74, 6) is 0.811. The summed E-state index contributed by atoms with van der Waals surface area (Å²) < 4.78 is 2.04. The minimum Gasteiger partial charge on any atom is -0.349 e. The third-order valence-corrected chi connectivity index (χ3v) is 6.45. The Labute approximate surface area is 158 Å². The SMILES string of the molecule is Cc1cc(C)c2c(-n3cccc3)c(C(=O)NC3CCC(C)CC3)sc2n1. The van der Waals surface area contributed by atoms with Crippen LogP contribution in [0.1, 0.15) is 53.5 Å². The van der Waals surface area contributed by atoms with Gasteiger partial charge in [0.1, 0.15) is 9.71 Å². The molecule has 136 valence electrons. The highest BCUT2D eigenvalue weighted by Crippen LogP contribution is 2.36. The maximum absolute atomic E-state index is 13.1. The molecule has 0 aliphatic heterocycles. The summed E-state index contributed by atoms with van der Waals surface area (Å²) in [6, 6.07) is 6.36. The molecule has 3 aromatic heterocycles. The molecule has 1 amide bonds. The smallest absolute Gasteiger partial charge is 0.263 e. The lowest BCUT2D eigenvalue weighted by molar-refractivity contribution is 0.0927. The Bertz CT molecular complexity index is 934. The van der Waals surface area contributed by atoms with Crippen LogP contribution in [0.15, 0.2) is 30.6 Å². The van der Waals surface area contributed by atoms with Gasteiger partial charge in [-0.1, -0.05) is 6.92 Å². The fraction of sp³-hybridized carbons (Fsp3) is 0.429. The Kier molecular flexibility index (Phi) is 4.57. The van der Waals surface area contributed by atoms with Crippen LogP contribution < -0.4 is 5.32 Å². The number of fused-ring (bicyclic) bond motifs is 1. The molecule has 0 unspecified atom stereocenters. The van der Waals surface area contributed by atoms with Crippen molar-refractivity contribution >= 4 is 27.5 Å². The largest absolute Gasteiger partial charge is 0.349 e. The van der Waals surface area contributed by atoms with Crippen molar-refractivity contribution in [2.45, 2.75) is 52.5 Å². The van der Waals surface area contributed by atoms with Crippen molar-refractivity contribution in [3.8, 4) is 5.69 Å². The molecule has 3 aromatic rings. The van der Waals surface area contributed by atoms with Crippen molar-refractivity contribution in [3.63, 3.8) is 0 Å². The summed E-state index contributed by atoms with van der Waals surface area (Å²) >= 11 is 1.50. The molecule has 0 spiro atoms. The standard InChI is InChI=1S/C21H25N3OS/c1-13-6-8-16(9-7-13)23-20(25)19-18(24-10-4-5-11-24)17-14(2)12-15(3)22-21(17)26-19/h4-5,10-13,16H,6-9H2,1-3H3,(H,23,25). The average Bonchev–Trinajstić information content (AvgIpc) is 3.23. The number of nitrogens with one attached hydrogen (secondary N) is 1. The quantitative estimate of drug-likeness (QED) is 0.707. The van der Waals surface area contributed by atoms with Crippen LogP contribution in [-0.4, -0.2) is 21.5 Å². The molecule has 1 saturated carbocycles. The van der Waals surface area contributed by atoms with Crippen LogP contribution in [-0.2, 0) is 0 Å². The zero-order valence-electron chi connectivity index (χ0n) is 15.6. The molecule has 1 aliphatic rings. The van der Waals surface area contributed by atoms with Gasteiger partial charge in [-0.2, -0.15) is 0 Å². The van der Waals surface area contributed by atoms with Gasteiger partial charge < -0.3 is 9.88 Å². The maximum Gasteiger partial charge on any atom is 0.263 e. The number of carbonyl (C=O) groups excluding carboxylic acids is 1. The minimum atomic E-state index is 0.0355. The van der Waals surface area contributed by atoms with E-state index in [9.17, 15) is 4.79 Å². The number of aryl methyl sites for hydroxylation is 2. The first-order valence-corrected chi connectivity index (χ1v) is 10.2. The number of hydrogen-bond donors (Lipinski definition) is 1. The minimum absolute atomic E-state index is 0.0355. The fourth-order valence-corrected chi connectivity index (χ4v) is 5.16. The molecule has 0 bridgehead atoms. The zero-order valence-corrected chi connectivity index (χ0v) is 16.4. The first-order chi connectivity index (χ1) is 12.5. The predicted molar refractivity (Wildman–Crippen MR) is 107 cm³/mol. The van der Waals surface area contributed by atoms with E-state index >= 15 is 0 Å². The number of hydrogen-bond acceptors (Lipinski definition) is 3. The molecule has 0 saturated heterocycles. The van der Waals surface area contributed by atoms with E-state index in [1.807, 2.05) is 36.0 Å². The van der Waals surface area contributed by atoms with Gasteiger partial charge in [-0.3, -0.25) is 4.79 Å². The highest BCUT2D eigenvalue weighted by atomic mass is 32.1. The van der Waals surface area contributed by atoms with Crippen LogP contribution in [0.25, 0.3) is 15.9 Å². The first kappa shape index (κ1) is 17.3. The van der Waals surface area contributed by atoms with Crippen LogP contribution >= 0.6 is 11.3 Å². The van der Waals surface area contributed by atoms with Crippen molar-refractivity contribution < 1.29 is 4.79 Å². The molecule has 5 heteroatoms. The zero-order chi connectivity index (χ0) is 18.3. The summed E-state index contributed by atoms with van der Waals surface area (Å²) in [4.78, 5) is 19.5. The summed E-state index contributed by atoms with van der Waals surface area (Å²) in [6.07, 6.45) is 8.54. The van der Waals surface area contributed by atoms with E-state index in [0.29, 0.717) is 0 Å². The molecular formula is C21H25N3OS. The molecule has 0 radical (unpaired) electrons. The summed E-state index contributed by atoms with van der Waals surface area (Å²) in [5.41, 5.74) is 3.11. The van der Waals surface area contributed by atoms with Crippen LogP contribution in [0.3, 0.4) is 0 Å². The predicted octanol–water partition coefficient (Wildman–Crippen LogP) is 5.01. The highest BCUT2D eigenvalue weighted by molar-refractivity contribution is 7.21. The number of rotatable bonds is 3. The van der Waals surface area contributed by atoms with Crippen molar-refractivity contribution in [3.05, 3.63) is 46.7 Å². The van der Waals surface area contributed by atoms with Gasteiger partial charge in [0.05, 0.1) is 5.69 Å². The van der Waals surface area contributed by atoms with E-state index in [0.717, 1.165) is 50.8 Å². The third-order valence-electron chi connectivity index (χ3n) is 5.38. The maximum atomic E-state index is 13.1. The van der Waals surface area contributed by atoms with Crippen LogP contribution in [0.5, 0.6) is 0 Å². The lowest BCUT2D eigenvalue weighted by atomic mass is 9.87. The topological polar surface area (TPSA) is 46.9 Å². The van der Waals surface area contributed by atoms with Crippen molar-refractivity contribution in [1.82, 2.24) is 14.9 Å². The molecule has 0 aromatic carbocycles. The van der Waals surface area contributed by atoms with Gasteiger partial charge in [-0.25, -0.2) is 4.98 Å². The number of aromatic nitrogens is 2. The Balaban J connectivity index is 1.75. The molecule has 0 atom stereocenters. The van der Waals surface area contributed by atoms with Gasteiger partial charge in [-0.15, -0.1) is 11.3 Å². The summed E-state index contributed by atoms with van der Waals surface area (Å²) in [7, 11) is 0. The number of nitrogens with zero attached hydrogens (tertiary/aromatic N) is 2. The summed E-state index contributed by atoms with van der Waals surface area (Å²) in [5, 5.41) is 4.37. The first-order valence-electron chi connectivity index (χ1n) is 9.38. The van der Waals surface area contributed by atoms with Crippen molar-refractivity contribution in [2.75, 3.05) is 0 Å². The van der Waals surface area contributed by atoms with E-state index in [1.54, 1.807) is 0 Å². The van der Waals surface area contributed by atoms with E-state index in [-0.39, 0.29) is 11.9 Å². The lowest BCUT2D eigenvalue weighted by Crippen LogP contribution is -2.37. The number of amides is 1. The molecule has 4 nitrogen and oxygen atoms in total. The molecule has 1 aliphatic carbocycles. The van der Waals surface area contributed by atoms with Crippen molar-refractivity contribution in [1.29, 1.82) is 0 Å². The monoisotopic (exact) mass is 367 g/mol. The lowest BCUT2D eigenvalue weighted by Gasteiger charge is -2.26. The normalized spacial score (nSPS) is 20.4. The fourth-order valence-electron chi connectivity index (χ4n) is 3.96. The van der Waals surface area contributed by atoms with Crippen LogP contribution in [0.4, 0.5) is 0 Å². The number of carbonyl (C=O) groups is 1. The Morgan fingerprint density at radius 3 is 2.58 bits per heavy atom. The Morgan fingerprint density at radius 1 is 1.19 bits per heavy atom. The van der Waals surface area contributed by atoms with Crippen LogP contribution in [0.2, 0.25) is 0 Å². The third kappa shape index (κ3) is 3.16. The van der Waals surface area contributed by atoms with E-state index in [1.165, 1.54) is 24.2 Å².